The summed E-state index contributed by atoms with van der Waals surface area (Å²) in [5.74, 6) is 0. The molecule has 2 rings (SSSR count). The second kappa shape index (κ2) is 5.38. The number of benzene rings is 2. The van der Waals surface area contributed by atoms with Gasteiger partial charge in [0.25, 0.3) is 0 Å². The molecule has 0 aliphatic rings. The SMILES string of the molecule is N#CC(Nc1cccc(Cl)c1)c1ccccc1. The maximum atomic E-state index is 9.16. The number of nitriles is 1. The summed E-state index contributed by atoms with van der Waals surface area (Å²) >= 11 is 5.89. The maximum Gasteiger partial charge on any atom is 0.140 e. The molecule has 2 aromatic rings. The Kier molecular flexibility index (Phi) is 3.64. The molecule has 0 radical (unpaired) electrons. The third kappa shape index (κ3) is 2.99. The van der Waals surface area contributed by atoms with Crippen molar-refractivity contribution in [2.75, 3.05) is 5.32 Å². The summed E-state index contributed by atoms with van der Waals surface area (Å²) in [6.45, 7) is 0. The second-order valence-electron chi connectivity index (χ2n) is 3.63. The lowest BCUT2D eigenvalue weighted by atomic mass is 10.1. The standard InChI is InChI=1S/C14H11ClN2/c15-12-7-4-8-13(9-12)17-14(10-16)11-5-2-1-3-6-11/h1-9,14,17H. The van der Waals surface area contributed by atoms with Crippen molar-refractivity contribution in [3.8, 4) is 6.07 Å². The van der Waals surface area contributed by atoms with Crippen LogP contribution in [0.25, 0.3) is 0 Å². The molecule has 2 nitrogen and oxygen atoms in total. The molecule has 1 unspecified atom stereocenters. The van der Waals surface area contributed by atoms with Gasteiger partial charge in [-0.05, 0) is 23.8 Å². The summed E-state index contributed by atoms with van der Waals surface area (Å²) in [4.78, 5) is 0. The topological polar surface area (TPSA) is 35.8 Å². The van der Waals surface area contributed by atoms with E-state index in [1.54, 1.807) is 12.1 Å². The van der Waals surface area contributed by atoms with Gasteiger partial charge in [0.15, 0.2) is 0 Å². The molecule has 0 spiro atoms. The van der Waals surface area contributed by atoms with Crippen LogP contribution < -0.4 is 5.32 Å². The van der Waals surface area contributed by atoms with Crippen LogP contribution in [0.1, 0.15) is 11.6 Å². The number of hydrogen-bond donors (Lipinski definition) is 1. The number of hydrogen-bond acceptors (Lipinski definition) is 2. The molecule has 0 aliphatic heterocycles. The Morgan fingerprint density at radius 3 is 2.47 bits per heavy atom. The lowest BCUT2D eigenvalue weighted by Gasteiger charge is -2.13. The van der Waals surface area contributed by atoms with E-state index in [0.717, 1.165) is 11.3 Å². The molecule has 0 saturated carbocycles. The third-order valence-electron chi connectivity index (χ3n) is 2.40. The van der Waals surface area contributed by atoms with Gasteiger partial charge in [0.05, 0.1) is 6.07 Å². The van der Waals surface area contributed by atoms with Crippen molar-refractivity contribution in [1.29, 1.82) is 5.26 Å². The predicted octanol–water partition coefficient (Wildman–Crippen LogP) is 4.02. The Morgan fingerprint density at radius 1 is 1.06 bits per heavy atom. The minimum Gasteiger partial charge on any atom is -0.366 e. The first-order valence-electron chi connectivity index (χ1n) is 5.26. The van der Waals surface area contributed by atoms with Crippen LogP contribution in [0.4, 0.5) is 5.69 Å². The molecular weight excluding hydrogens is 232 g/mol. The Bertz CT molecular complexity index is 531. The lowest BCUT2D eigenvalue weighted by molar-refractivity contribution is 0.998. The van der Waals surface area contributed by atoms with Crippen molar-refractivity contribution in [2.24, 2.45) is 0 Å². The molecule has 17 heavy (non-hydrogen) atoms. The number of nitrogens with zero attached hydrogens (tertiary/aromatic N) is 1. The average Bonchev–Trinajstić information content (AvgIpc) is 2.37. The molecule has 0 bridgehead atoms. The molecule has 1 atom stereocenters. The fraction of sp³-hybridized carbons (Fsp3) is 0.0714. The normalized spacial score (nSPS) is 11.5. The van der Waals surface area contributed by atoms with Gasteiger partial charge in [-0.3, -0.25) is 0 Å². The van der Waals surface area contributed by atoms with Crippen molar-refractivity contribution in [1.82, 2.24) is 0 Å². The average molecular weight is 243 g/mol. The highest BCUT2D eigenvalue weighted by molar-refractivity contribution is 6.30. The molecule has 0 saturated heterocycles. The summed E-state index contributed by atoms with van der Waals surface area (Å²) in [7, 11) is 0. The number of halogens is 1. The van der Waals surface area contributed by atoms with E-state index in [-0.39, 0.29) is 6.04 Å². The molecule has 1 N–H and O–H groups in total. The summed E-state index contributed by atoms with van der Waals surface area (Å²) < 4.78 is 0. The van der Waals surface area contributed by atoms with Crippen LogP contribution in [-0.2, 0) is 0 Å². The molecule has 0 heterocycles. The molecule has 0 aliphatic carbocycles. The van der Waals surface area contributed by atoms with Gasteiger partial charge < -0.3 is 5.32 Å². The van der Waals surface area contributed by atoms with Crippen molar-refractivity contribution in [3.05, 3.63) is 65.2 Å². The van der Waals surface area contributed by atoms with E-state index < -0.39 is 0 Å². The first-order chi connectivity index (χ1) is 8.29. The van der Waals surface area contributed by atoms with Crippen molar-refractivity contribution in [2.45, 2.75) is 6.04 Å². The Balaban J connectivity index is 2.20. The third-order valence-corrected chi connectivity index (χ3v) is 2.63. The van der Waals surface area contributed by atoms with E-state index in [1.165, 1.54) is 0 Å². The first-order valence-corrected chi connectivity index (χ1v) is 5.64. The van der Waals surface area contributed by atoms with Crippen LogP contribution in [-0.4, -0.2) is 0 Å². The predicted molar refractivity (Wildman–Crippen MR) is 69.9 cm³/mol. The van der Waals surface area contributed by atoms with Crippen LogP contribution >= 0.6 is 11.6 Å². The van der Waals surface area contributed by atoms with Gasteiger partial charge in [-0.15, -0.1) is 0 Å². The zero-order valence-electron chi connectivity index (χ0n) is 9.10. The van der Waals surface area contributed by atoms with Crippen LogP contribution in [0.3, 0.4) is 0 Å². The highest BCUT2D eigenvalue weighted by atomic mass is 35.5. The van der Waals surface area contributed by atoms with Gasteiger partial charge in [0, 0.05) is 10.7 Å². The van der Waals surface area contributed by atoms with Crippen LogP contribution in [0, 0.1) is 11.3 Å². The van der Waals surface area contributed by atoms with Gasteiger partial charge in [-0.1, -0.05) is 48.0 Å². The fourth-order valence-electron chi connectivity index (χ4n) is 1.58. The monoisotopic (exact) mass is 242 g/mol. The van der Waals surface area contributed by atoms with Gasteiger partial charge in [0.2, 0.25) is 0 Å². The smallest absolute Gasteiger partial charge is 0.140 e. The summed E-state index contributed by atoms with van der Waals surface area (Å²) in [5, 5.41) is 13.0. The van der Waals surface area contributed by atoms with Gasteiger partial charge in [0.1, 0.15) is 6.04 Å². The quantitative estimate of drug-likeness (QED) is 0.883. The minimum atomic E-state index is -0.366. The van der Waals surface area contributed by atoms with Crippen LogP contribution in [0.2, 0.25) is 5.02 Å². The summed E-state index contributed by atoms with van der Waals surface area (Å²) in [6.07, 6.45) is 0. The molecule has 0 fully saturated rings. The molecule has 2 aromatic carbocycles. The van der Waals surface area contributed by atoms with Crippen LogP contribution in [0.15, 0.2) is 54.6 Å². The second-order valence-corrected chi connectivity index (χ2v) is 4.06. The fourth-order valence-corrected chi connectivity index (χ4v) is 1.77. The molecular formula is C14H11ClN2. The molecule has 0 amide bonds. The zero-order chi connectivity index (χ0) is 12.1. The highest BCUT2D eigenvalue weighted by Crippen LogP contribution is 2.21. The van der Waals surface area contributed by atoms with Crippen LogP contribution in [0.5, 0.6) is 0 Å². The van der Waals surface area contributed by atoms with E-state index in [0.29, 0.717) is 5.02 Å². The van der Waals surface area contributed by atoms with Crippen molar-refractivity contribution >= 4 is 17.3 Å². The van der Waals surface area contributed by atoms with E-state index in [1.807, 2.05) is 42.5 Å². The van der Waals surface area contributed by atoms with E-state index in [4.69, 9.17) is 16.9 Å². The van der Waals surface area contributed by atoms with E-state index in [9.17, 15) is 0 Å². The lowest BCUT2D eigenvalue weighted by Crippen LogP contribution is -2.08. The number of anilines is 1. The molecule has 0 aromatic heterocycles. The van der Waals surface area contributed by atoms with E-state index >= 15 is 0 Å². The highest BCUT2D eigenvalue weighted by Gasteiger charge is 2.09. The molecule has 84 valence electrons. The number of rotatable bonds is 3. The van der Waals surface area contributed by atoms with Gasteiger partial charge in [-0.25, -0.2) is 0 Å². The molecule has 3 heteroatoms. The Labute approximate surface area is 105 Å². The minimum absolute atomic E-state index is 0.366. The summed E-state index contributed by atoms with van der Waals surface area (Å²) in [6, 6.07) is 18.8. The largest absolute Gasteiger partial charge is 0.366 e. The van der Waals surface area contributed by atoms with Crippen molar-refractivity contribution < 1.29 is 0 Å². The van der Waals surface area contributed by atoms with Gasteiger partial charge >= 0.3 is 0 Å². The van der Waals surface area contributed by atoms with E-state index in [2.05, 4.69) is 11.4 Å². The Morgan fingerprint density at radius 2 is 1.82 bits per heavy atom. The van der Waals surface area contributed by atoms with Crippen molar-refractivity contribution in [3.63, 3.8) is 0 Å². The first kappa shape index (κ1) is 11.5. The zero-order valence-corrected chi connectivity index (χ0v) is 9.85. The Hall–Kier alpha value is -1.98. The van der Waals surface area contributed by atoms with Gasteiger partial charge in [-0.2, -0.15) is 5.26 Å². The maximum absolute atomic E-state index is 9.16. The number of nitrogens with one attached hydrogen (secondary N) is 1. The summed E-state index contributed by atoms with van der Waals surface area (Å²) in [5.41, 5.74) is 1.78.